The summed E-state index contributed by atoms with van der Waals surface area (Å²) < 4.78 is 14.7. The van der Waals surface area contributed by atoms with Gasteiger partial charge in [-0.25, -0.2) is 9.18 Å². The zero-order valence-electron chi connectivity index (χ0n) is 17.0. The number of carboxylic acid groups (broad SMARTS) is 1. The molecule has 166 valence electrons. The van der Waals surface area contributed by atoms with Gasteiger partial charge in [0.1, 0.15) is 6.04 Å². The summed E-state index contributed by atoms with van der Waals surface area (Å²) in [5.41, 5.74) is 1.52. The van der Waals surface area contributed by atoms with E-state index in [1.807, 2.05) is 0 Å². The Morgan fingerprint density at radius 2 is 2.03 bits per heavy atom. The number of carbonyl (C=O) groups is 4. The molecule has 4 rings (SSSR count). The van der Waals surface area contributed by atoms with Crippen molar-refractivity contribution in [2.45, 2.75) is 38.9 Å². The Morgan fingerprint density at radius 1 is 1.28 bits per heavy atom. The highest BCUT2D eigenvalue weighted by Crippen LogP contribution is 2.31. The molecule has 0 spiro atoms. The third-order valence-electron chi connectivity index (χ3n) is 5.75. The number of nitrogens with one attached hydrogen (secondary N) is 1. The van der Waals surface area contributed by atoms with Gasteiger partial charge in [0.05, 0.1) is 12.2 Å². The van der Waals surface area contributed by atoms with Crippen molar-refractivity contribution in [1.29, 1.82) is 0 Å². The molecule has 1 saturated heterocycles. The Bertz CT molecular complexity index is 1170. The maximum Gasteiger partial charge on any atom is 0.412 e. The van der Waals surface area contributed by atoms with Gasteiger partial charge < -0.3 is 10.0 Å². The topological polar surface area (TPSA) is 107 Å². The lowest BCUT2D eigenvalue weighted by molar-refractivity contribution is -0.136. The summed E-state index contributed by atoms with van der Waals surface area (Å²) in [6, 6.07) is 6.89. The lowest BCUT2D eigenvalue weighted by Crippen LogP contribution is -2.52. The Kier molecular flexibility index (Phi) is 5.60. The van der Waals surface area contributed by atoms with E-state index in [1.165, 1.54) is 24.0 Å². The third kappa shape index (κ3) is 3.80. The zero-order chi connectivity index (χ0) is 23.2. The van der Waals surface area contributed by atoms with Crippen LogP contribution < -0.4 is 10.2 Å². The fourth-order valence-electron chi connectivity index (χ4n) is 3.99. The van der Waals surface area contributed by atoms with Gasteiger partial charge in [-0.05, 0) is 42.7 Å². The lowest BCUT2D eigenvalue weighted by Gasteiger charge is -2.29. The number of halogens is 2. The number of nitrogens with zero attached hydrogens (tertiary/aromatic N) is 2. The van der Waals surface area contributed by atoms with Crippen LogP contribution in [0.1, 0.15) is 39.9 Å². The predicted molar refractivity (Wildman–Crippen MR) is 113 cm³/mol. The highest BCUT2D eigenvalue weighted by atomic mass is 35.5. The summed E-state index contributed by atoms with van der Waals surface area (Å²) in [6.45, 7) is 1.49. The van der Waals surface area contributed by atoms with Crippen LogP contribution in [-0.2, 0) is 22.7 Å². The number of imide groups is 1. The van der Waals surface area contributed by atoms with E-state index in [4.69, 9.17) is 11.6 Å². The number of hydrogen-bond donors (Lipinski definition) is 2. The minimum Gasteiger partial charge on any atom is -0.465 e. The monoisotopic (exact) mass is 459 g/mol. The molecule has 2 aliphatic heterocycles. The Morgan fingerprint density at radius 3 is 2.72 bits per heavy atom. The maximum atomic E-state index is 14.7. The number of piperidine rings is 1. The number of carbonyl (C=O) groups excluding carboxylic acids is 3. The van der Waals surface area contributed by atoms with E-state index >= 15 is 0 Å². The Hall–Kier alpha value is -3.46. The van der Waals surface area contributed by atoms with Crippen LogP contribution in [-0.4, -0.2) is 39.9 Å². The minimum absolute atomic E-state index is 0.138. The fourth-order valence-corrected chi connectivity index (χ4v) is 4.14. The molecule has 0 saturated carbocycles. The average molecular weight is 460 g/mol. The normalized spacial score (nSPS) is 17.9. The first-order chi connectivity index (χ1) is 15.2. The van der Waals surface area contributed by atoms with Crippen LogP contribution in [0.3, 0.4) is 0 Å². The molecule has 2 aromatic rings. The van der Waals surface area contributed by atoms with E-state index in [-0.39, 0.29) is 54.0 Å². The first-order valence-electron chi connectivity index (χ1n) is 9.89. The van der Waals surface area contributed by atoms with Crippen molar-refractivity contribution in [2.75, 3.05) is 4.90 Å². The summed E-state index contributed by atoms with van der Waals surface area (Å²) in [5.74, 6) is -1.97. The number of fused-ring (bicyclic) bond motifs is 1. The minimum atomic E-state index is -1.36. The Labute approximate surface area is 187 Å². The van der Waals surface area contributed by atoms with Gasteiger partial charge >= 0.3 is 6.09 Å². The number of hydrogen-bond acceptors (Lipinski definition) is 4. The van der Waals surface area contributed by atoms with E-state index in [9.17, 15) is 28.7 Å². The summed E-state index contributed by atoms with van der Waals surface area (Å²) in [7, 11) is 0. The van der Waals surface area contributed by atoms with E-state index in [0.717, 1.165) is 4.90 Å². The molecule has 0 bridgehead atoms. The van der Waals surface area contributed by atoms with Gasteiger partial charge in [-0.3, -0.25) is 24.6 Å². The van der Waals surface area contributed by atoms with Gasteiger partial charge in [0.2, 0.25) is 11.8 Å². The van der Waals surface area contributed by atoms with Crippen LogP contribution in [0, 0.1) is 12.7 Å². The smallest absolute Gasteiger partial charge is 0.412 e. The van der Waals surface area contributed by atoms with Crippen molar-refractivity contribution in [2.24, 2.45) is 0 Å². The lowest BCUT2D eigenvalue weighted by atomic mass is 10.0. The van der Waals surface area contributed by atoms with E-state index in [2.05, 4.69) is 5.32 Å². The zero-order valence-corrected chi connectivity index (χ0v) is 17.8. The van der Waals surface area contributed by atoms with Crippen LogP contribution in [0.5, 0.6) is 0 Å². The molecule has 1 atom stereocenters. The molecule has 2 aromatic carbocycles. The van der Waals surface area contributed by atoms with Gasteiger partial charge in [-0.1, -0.05) is 23.7 Å². The highest BCUT2D eigenvalue weighted by molar-refractivity contribution is 6.31. The molecule has 8 nitrogen and oxygen atoms in total. The van der Waals surface area contributed by atoms with Crippen LogP contribution in [0.4, 0.5) is 14.9 Å². The number of anilines is 1. The van der Waals surface area contributed by atoms with Crippen molar-refractivity contribution in [3.8, 4) is 0 Å². The van der Waals surface area contributed by atoms with E-state index < -0.39 is 23.9 Å². The molecule has 0 aliphatic carbocycles. The van der Waals surface area contributed by atoms with Crippen LogP contribution in [0.25, 0.3) is 0 Å². The van der Waals surface area contributed by atoms with Crippen molar-refractivity contribution in [3.05, 3.63) is 63.4 Å². The number of amides is 4. The quantitative estimate of drug-likeness (QED) is 0.682. The molecule has 1 fully saturated rings. The summed E-state index contributed by atoms with van der Waals surface area (Å²) in [6.07, 6.45) is -0.955. The first kappa shape index (κ1) is 21.8. The second-order valence-electron chi connectivity index (χ2n) is 7.77. The van der Waals surface area contributed by atoms with E-state index in [1.54, 1.807) is 18.2 Å². The number of rotatable bonds is 4. The van der Waals surface area contributed by atoms with Crippen LogP contribution in [0.15, 0.2) is 30.3 Å². The standard InChI is InChI=1S/C22H19ClFN3O5/c1-11-15(23)4-5-16(19(11)24)27(22(31)32)9-12-2-3-13-10-26(21(30)14(13)8-12)17-6-7-18(28)25-20(17)29/h2-5,8,17H,6-7,9-10H2,1H3,(H,31,32)(H,25,28,29). The SMILES string of the molecule is Cc1c(Cl)ccc(N(Cc2ccc3c(c2)C(=O)N(C2CCC(=O)NC2=O)C3)C(=O)O)c1F. The number of benzene rings is 2. The molecule has 10 heteroatoms. The average Bonchev–Trinajstić information content (AvgIpc) is 3.06. The van der Waals surface area contributed by atoms with Crippen molar-refractivity contribution in [1.82, 2.24) is 10.2 Å². The van der Waals surface area contributed by atoms with E-state index in [0.29, 0.717) is 16.7 Å². The summed E-state index contributed by atoms with van der Waals surface area (Å²) in [5, 5.41) is 12.1. The van der Waals surface area contributed by atoms with Crippen LogP contribution in [0.2, 0.25) is 5.02 Å². The molecule has 4 amide bonds. The first-order valence-corrected chi connectivity index (χ1v) is 10.3. The molecule has 2 aliphatic rings. The second-order valence-corrected chi connectivity index (χ2v) is 8.17. The van der Waals surface area contributed by atoms with Gasteiger partial charge in [0, 0.05) is 29.1 Å². The molecule has 0 radical (unpaired) electrons. The van der Waals surface area contributed by atoms with Crippen LogP contribution >= 0.6 is 11.6 Å². The maximum absolute atomic E-state index is 14.7. The predicted octanol–water partition coefficient (Wildman–Crippen LogP) is 3.23. The van der Waals surface area contributed by atoms with Gasteiger partial charge in [0.15, 0.2) is 5.82 Å². The second kappa shape index (κ2) is 8.23. The van der Waals surface area contributed by atoms with Gasteiger partial charge in [0.25, 0.3) is 5.91 Å². The van der Waals surface area contributed by atoms with Gasteiger partial charge in [-0.2, -0.15) is 0 Å². The summed E-state index contributed by atoms with van der Waals surface area (Å²) >= 11 is 5.91. The molecule has 32 heavy (non-hydrogen) atoms. The Balaban J connectivity index is 1.59. The third-order valence-corrected chi connectivity index (χ3v) is 6.16. The molecular weight excluding hydrogens is 441 g/mol. The molecular formula is C22H19ClFN3O5. The molecule has 1 unspecified atom stereocenters. The largest absolute Gasteiger partial charge is 0.465 e. The molecule has 0 aromatic heterocycles. The van der Waals surface area contributed by atoms with Crippen molar-refractivity contribution < 1.29 is 28.7 Å². The van der Waals surface area contributed by atoms with Crippen molar-refractivity contribution >= 4 is 41.1 Å². The summed E-state index contributed by atoms with van der Waals surface area (Å²) in [4.78, 5) is 50.6. The molecule has 2 N–H and O–H groups in total. The van der Waals surface area contributed by atoms with Gasteiger partial charge in [-0.15, -0.1) is 0 Å². The molecule has 2 heterocycles. The highest BCUT2D eigenvalue weighted by Gasteiger charge is 2.39. The fraction of sp³-hybridized carbons (Fsp3) is 0.273. The van der Waals surface area contributed by atoms with Crippen molar-refractivity contribution in [3.63, 3.8) is 0 Å².